The van der Waals surface area contributed by atoms with Crippen LogP contribution in [0, 0.1) is 0 Å². The molecular weight excluding hydrogens is 392 g/mol. The van der Waals surface area contributed by atoms with Crippen LogP contribution in [0.1, 0.15) is 39.2 Å². The first-order valence-corrected chi connectivity index (χ1v) is 11.2. The van der Waals surface area contributed by atoms with E-state index in [0.29, 0.717) is 42.6 Å². The standard InChI is InChI=1S/C21H28N2O5S/c1-4-7-14-28-20-13-8-17(15-21(20)27-6-3)16-22-23-29(24,25)19-11-9-18(10-12-19)26-5-2/h8-13,15-16,23H,4-7,14H2,1-3H3/b22-16+. The van der Waals surface area contributed by atoms with Crippen molar-refractivity contribution >= 4 is 16.2 Å². The topological polar surface area (TPSA) is 86.2 Å². The summed E-state index contributed by atoms with van der Waals surface area (Å²) in [5.74, 6) is 1.87. The molecule has 1 N–H and O–H groups in total. The zero-order chi connectivity index (χ0) is 21.1. The van der Waals surface area contributed by atoms with E-state index in [2.05, 4.69) is 16.9 Å². The molecule has 0 atom stereocenters. The molecule has 0 saturated heterocycles. The van der Waals surface area contributed by atoms with Crippen LogP contribution in [0.5, 0.6) is 17.2 Å². The molecule has 0 aliphatic heterocycles. The van der Waals surface area contributed by atoms with Gasteiger partial charge in [-0.15, -0.1) is 0 Å². The van der Waals surface area contributed by atoms with E-state index in [9.17, 15) is 8.42 Å². The van der Waals surface area contributed by atoms with E-state index in [-0.39, 0.29) is 4.90 Å². The fourth-order valence-electron chi connectivity index (χ4n) is 2.42. The van der Waals surface area contributed by atoms with Crippen molar-refractivity contribution in [3.63, 3.8) is 0 Å². The van der Waals surface area contributed by atoms with Crippen molar-refractivity contribution in [2.24, 2.45) is 5.10 Å². The molecule has 7 nitrogen and oxygen atoms in total. The lowest BCUT2D eigenvalue weighted by molar-refractivity contribution is 0.272. The van der Waals surface area contributed by atoms with E-state index >= 15 is 0 Å². The second kappa shape index (κ2) is 11.3. The first-order chi connectivity index (χ1) is 14.0. The number of nitrogens with zero attached hydrogens (tertiary/aromatic N) is 1. The Kier molecular flexibility index (Phi) is 8.79. The van der Waals surface area contributed by atoms with Crippen LogP contribution < -0.4 is 19.0 Å². The molecule has 0 saturated carbocycles. The van der Waals surface area contributed by atoms with Crippen molar-refractivity contribution in [1.82, 2.24) is 4.83 Å². The molecule has 0 amide bonds. The summed E-state index contributed by atoms with van der Waals surface area (Å²) in [6.07, 6.45) is 3.43. The molecule has 0 unspecified atom stereocenters. The Labute approximate surface area is 172 Å². The van der Waals surface area contributed by atoms with Gasteiger partial charge in [-0.05, 0) is 68.3 Å². The van der Waals surface area contributed by atoms with Gasteiger partial charge in [0.2, 0.25) is 0 Å². The first kappa shape index (κ1) is 22.5. The Bertz CT molecular complexity index is 896. The predicted molar refractivity (Wildman–Crippen MR) is 114 cm³/mol. The van der Waals surface area contributed by atoms with Crippen LogP contribution >= 0.6 is 0 Å². The van der Waals surface area contributed by atoms with Crippen molar-refractivity contribution in [3.05, 3.63) is 48.0 Å². The number of unbranched alkanes of at least 4 members (excludes halogenated alkanes) is 1. The van der Waals surface area contributed by atoms with Crippen LogP contribution in [0.25, 0.3) is 0 Å². The van der Waals surface area contributed by atoms with Gasteiger partial charge < -0.3 is 14.2 Å². The van der Waals surface area contributed by atoms with Crippen LogP contribution in [0.2, 0.25) is 0 Å². The third-order valence-electron chi connectivity index (χ3n) is 3.85. The largest absolute Gasteiger partial charge is 0.494 e. The number of sulfonamides is 1. The molecule has 2 rings (SSSR count). The van der Waals surface area contributed by atoms with Gasteiger partial charge in [0, 0.05) is 0 Å². The van der Waals surface area contributed by atoms with Crippen LogP contribution in [0.3, 0.4) is 0 Å². The molecular formula is C21H28N2O5S. The van der Waals surface area contributed by atoms with E-state index in [1.807, 2.05) is 13.8 Å². The minimum absolute atomic E-state index is 0.104. The molecule has 0 aliphatic rings. The molecule has 8 heteroatoms. The van der Waals surface area contributed by atoms with Gasteiger partial charge in [-0.25, -0.2) is 4.83 Å². The van der Waals surface area contributed by atoms with Gasteiger partial charge >= 0.3 is 0 Å². The van der Waals surface area contributed by atoms with Crippen molar-refractivity contribution in [2.45, 2.75) is 38.5 Å². The van der Waals surface area contributed by atoms with Crippen molar-refractivity contribution < 1.29 is 22.6 Å². The maximum atomic E-state index is 12.4. The van der Waals surface area contributed by atoms with E-state index < -0.39 is 10.0 Å². The summed E-state index contributed by atoms with van der Waals surface area (Å²) >= 11 is 0. The summed E-state index contributed by atoms with van der Waals surface area (Å²) < 4.78 is 41.4. The number of nitrogens with one attached hydrogen (secondary N) is 1. The lowest BCUT2D eigenvalue weighted by Crippen LogP contribution is -2.18. The Morgan fingerprint density at radius 2 is 1.66 bits per heavy atom. The molecule has 0 radical (unpaired) electrons. The third-order valence-corrected chi connectivity index (χ3v) is 5.09. The fourth-order valence-corrected chi connectivity index (χ4v) is 3.21. The molecule has 29 heavy (non-hydrogen) atoms. The maximum absolute atomic E-state index is 12.4. The highest BCUT2D eigenvalue weighted by Gasteiger charge is 2.12. The Hall–Kier alpha value is -2.74. The second-order valence-corrected chi connectivity index (χ2v) is 7.76. The van der Waals surface area contributed by atoms with Crippen LogP contribution in [0.15, 0.2) is 52.5 Å². The molecule has 0 aliphatic carbocycles. The first-order valence-electron chi connectivity index (χ1n) is 9.67. The number of hydrogen-bond donors (Lipinski definition) is 1. The normalized spacial score (nSPS) is 11.4. The molecule has 0 fully saturated rings. The molecule has 2 aromatic carbocycles. The molecule has 0 heterocycles. The summed E-state index contributed by atoms with van der Waals surface area (Å²) in [7, 11) is -3.76. The number of ether oxygens (including phenoxy) is 3. The maximum Gasteiger partial charge on any atom is 0.276 e. The molecule has 0 spiro atoms. The van der Waals surface area contributed by atoms with Crippen molar-refractivity contribution in [2.75, 3.05) is 19.8 Å². The summed E-state index contributed by atoms with van der Waals surface area (Å²) in [6, 6.07) is 11.5. The third kappa shape index (κ3) is 6.98. The highest BCUT2D eigenvalue weighted by Crippen LogP contribution is 2.28. The number of hydrogen-bond acceptors (Lipinski definition) is 6. The number of benzene rings is 2. The van der Waals surface area contributed by atoms with E-state index in [1.54, 1.807) is 30.3 Å². The van der Waals surface area contributed by atoms with Gasteiger partial charge in [0.1, 0.15) is 5.75 Å². The van der Waals surface area contributed by atoms with Crippen LogP contribution in [-0.2, 0) is 10.0 Å². The lowest BCUT2D eigenvalue weighted by atomic mass is 10.2. The summed E-state index contributed by atoms with van der Waals surface area (Å²) in [5.41, 5.74) is 0.686. The smallest absolute Gasteiger partial charge is 0.276 e. The Balaban J connectivity index is 2.06. The van der Waals surface area contributed by atoms with Gasteiger partial charge in [-0.3, -0.25) is 0 Å². The monoisotopic (exact) mass is 420 g/mol. The van der Waals surface area contributed by atoms with Crippen LogP contribution in [-0.4, -0.2) is 34.5 Å². The lowest BCUT2D eigenvalue weighted by Gasteiger charge is -2.12. The minimum Gasteiger partial charge on any atom is -0.494 e. The fraction of sp³-hybridized carbons (Fsp3) is 0.381. The average molecular weight is 421 g/mol. The van der Waals surface area contributed by atoms with Gasteiger partial charge in [0.15, 0.2) is 11.5 Å². The zero-order valence-corrected chi connectivity index (χ0v) is 17.9. The van der Waals surface area contributed by atoms with E-state index in [1.165, 1.54) is 18.3 Å². The molecule has 0 bridgehead atoms. The Morgan fingerprint density at radius 1 is 0.931 bits per heavy atom. The Morgan fingerprint density at radius 3 is 2.31 bits per heavy atom. The van der Waals surface area contributed by atoms with Gasteiger partial charge in [0.25, 0.3) is 10.0 Å². The van der Waals surface area contributed by atoms with Crippen molar-refractivity contribution in [3.8, 4) is 17.2 Å². The minimum atomic E-state index is -3.76. The van der Waals surface area contributed by atoms with Gasteiger partial charge in [-0.1, -0.05) is 13.3 Å². The quantitative estimate of drug-likeness (QED) is 0.319. The van der Waals surface area contributed by atoms with Gasteiger partial charge in [-0.2, -0.15) is 13.5 Å². The zero-order valence-electron chi connectivity index (χ0n) is 17.1. The summed E-state index contributed by atoms with van der Waals surface area (Å²) in [5, 5.41) is 3.86. The SMILES string of the molecule is CCCCOc1ccc(/C=N/NS(=O)(=O)c2ccc(OCC)cc2)cc1OCC. The highest BCUT2D eigenvalue weighted by atomic mass is 32.2. The van der Waals surface area contributed by atoms with Gasteiger partial charge in [0.05, 0.1) is 30.9 Å². The second-order valence-electron chi connectivity index (χ2n) is 6.10. The summed E-state index contributed by atoms with van der Waals surface area (Å²) in [4.78, 5) is 2.32. The van der Waals surface area contributed by atoms with Crippen LogP contribution in [0.4, 0.5) is 0 Å². The molecule has 158 valence electrons. The highest BCUT2D eigenvalue weighted by molar-refractivity contribution is 7.89. The average Bonchev–Trinajstić information content (AvgIpc) is 2.70. The number of rotatable bonds is 12. The van der Waals surface area contributed by atoms with Crippen molar-refractivity contribution in [1.29, 1.82) is 0 Å². The predicted octanol–water partition coefficient (Wildman–Crippen LogP) is 3.98. The number of hydrazone groups is 1. The molecule has 0 aromatic heterocycles. The van der Waals surface area contributed by atoms with E-state index in [4.69, 9.17) is 14.2 Å². The summed E-state index contributed by atoms with van der Waals surface area (Å²) in [6.45, 7) is 7.48. The van der Waals surface area contributed by atoms with E-state index in [0.717, 1.165) is 12.8 Å². The molecule has 2 aromatic rings.